The molecule has 3 nitrogen and oxygen atoms in total. The number of H-pyrrole nitrogens is 1. The maximum Gasteiger partial charge on any atom is 0.277 e. The van der Waals surface area contributed by atoms with Crippen LogP contribution in [-0.2, 0) is 0 Å². The molecule has 12 heavy (non-hydrogen) atoms. The summed E-state index contributed by atoms with van der Waals surface area (Å²) in [6, 6.07) is 1.90. The Kier molecular flexibility index (Phi) is 2.95. The van der Waals surface area contributed by atoms with Crippen LogP contribution in [0.4, 0.5) is 0 Å². The molecule has 0 aliphatic rings. The number of nitrogens with zero attached hydrogens (tertiary/aromatic N) is 1. The van der Waals surface area contributed by atoms with Gasteiger partial charge in [-0.1, -0.05) is 25.4 Å². The Balaban J connectivity index is 3.02. The highest BCUT2D eigenvalue weighted by atomic mass is 32.2. The molecule has 0 atom stereocenters. The first-order valence-electron chi connectivity index (χ1n) is 3.43. The molecule has 0 amide bonds. The average Bonchev–Trinajstić information content (AvgIpc) is 2.30. The first-order chi connectivity index (χ1) is 5.65. The number of thioether (sulfide) groups is 1. The van der Waals surface area contributed by atoms with E-state index in [0.717, 1.165) is 4.21 Å². The van der Waals surface area contributed by atoms with Gasteiger partial charge in [-0.15, -0.1) is 11.8 Å². The average molecular weight is 200 g/mol. The molecule has 0 unspecified atom stereocenters. The molecule has 0 bridgehead atoms. The Morgan fingerprint density at radius 2 is 2.33 bits per heavy atom. The standard InChI is InChI=1S/C7H8N2OS2/c1-4(2)11-7-5(3-8)6(10)9-12-7/h4H,1-2H3,(H,9,10). The molecule has 1 heterocycles. The van der Waals surface area contributed by atoms with Crippen LogP contribution in [0.5, 0.6) is 0 Å². The number of rotatable bonds is 2. The van der Waals surface area contributed by atoms with Crippen molar-refractivity contribution in [3.05, 3.63) is 15.9 Å². The quantitative estimate of drug-likeness (QED) is 0.741. The molecule has 0 radical (unpaired) electrons. The zero-order valence-corrected chi connectivity index (χ0v) is 8.38. The zero-order valence-electron chi connectivity index (χ0n) is 6.75. The summed E-state index contributed by atoms with van der Waals surface area (Å²) in [5, 5.41) is 9.02. The SMILES string of the molecule is CC(C)Sc1s[nH]c(=O)c1C#N. The Morgan fingerprint density at radius 1 is 1.67 bits per heavy atom. The summed E-state index contributed by atoms with van der Waals surface area (Å²) in [6.07, 6.45) is 0. The Morgan fingerprint density at radius 3 is 2.83 bits per heavy atom. The van der Waals surface area contributed by atoms with Crippen LogP contribution in [0.1, 0.15) is 19.4 Å². The summed E-state index contributed by atoms with van der Waals surface area (Å²) in [5.74, 6) is 0. The number of nitrogens with one attached hydrogen (secondary N) is 1. The topological polar surface area (TPSA) is 56.6 Å². The molecule has 1 N–H and O–H groups in total. The van der Waals surface area contributed by atoms with E-state index in [9.17, 15) is 4.79 Å². The summed E-state index contributed by atoms with van der Waals surface area (Å²) in [7, 11) is 0. The van der Waals surface area contributed by atoms with Crippen molar-refractivity contribution in [2.24, 2.45) is 0 Å². The predicted octanol–water partition coefficient (Wildman–Crippen LogP) is 1.81. The molecule has 1 rings (SSSR count). The number of nitriles is 1. The lowest BCUT2D eigenvalue weighted by Crippen LogP contribution is -2.01. The van der Waals surface area contributed by atoms with Gasteiger partial charge in [-0.3, -0.25) is 9.17 Å². The molecule has 1 aromatic heterocycles. The summed E-state index contributed by atoms with van der Waals surface area (Å²) in [5.41, 5.74) is -0.0237. The third-order valence-electron chi connectivity index (χ3n) is 1.12. The molecule has 0 saturated heterocycles. The van der Waals surface area contributed by atoms with Gasteiger partial charge in [0.1, 0.15) is 15.8 Å². The largest absolute Gasteiger partial charge is 0.277 e. The van der Waals surface area contributed by atoms with Crippen molar-refractivity contribution < 1.29 is 0 Å². The Bertz CT molecular complexity index is 358. The van der Waals surface area contributed by atoms with Crippen LogP contribution < -0.4 is 5.56 Å². The second kappa shape index (κ2) is 3.78. The molecule has 0 fully saturated rings. The minimum absolute atomic E-state index is 0.249. The van der Waals surface area contributed by atoms with Crippen LogP contribution in [0.25, 0.3) is 0 Å². The minimum atomic E-state index is -0.273. The summed E-state index contributed by atoms with van der Waals surface area (Å²) < 4.78 is 3.33. The van der Waals surface area contributed by atoms with Crippen molar-refractivity contribution in [1.29, 1.82) is 5.26 Å². The molecule has 0 aliphatic carbocycles. The zero-order chi connectivity index (χ0) is 9.14. The molecular formula is C7H8N2OS2. The van der Waals surface area contributed by atoms with Gasteiger partial charge in [0.15, 0.2) is 0 Å². The van der Waals surface area contributed by atoms with Crippen LogP contribution in [0.15, 0.2) is 9.00 Å². The van der Waals surface area contributed by atoms with Crippen molar-refractivity contribution in [1.82, 2.24) is 4.37 Å². The van der Waals surface area contributed by atoms with Gasteiger partial charge in [0.2, 0.25) is 0 Å². The molecule has 5 heteroatoms. The van der Waals surface area contributed by atoms with Gasteiger partial charge in [0.25, 0.3) is 5.56 Å². The van der Waals surface area contributed by atoms with Crippen LogP contribution in [0.2, 0.25) is 0 Å². The van der Waals surface area contributed by atoms with E-state index in [2.05, 4.69) is 4.37 Å². The van der Waals surface area contributed by atoms with Crippen LogP contribution in [0, 0.1) is 11.3 Å². The van der Waals surface area contributed by atoms with Crippen LogP contribution in [-0.4, -0.2) is 9.62 Å². The monoisotopic (exact) mass is 200 g/mol. The van der Waals surface area contributed by atoms with Crippen molar-refractivity contribution in [2.45, 2.75) is 23.3 Å². The molecule has 1 aromatic rings. The molecule has 0 spiro atoms. The minimum Gasteiger partial charge on any atom is -0.276 e. The van der Waals surface area contributed by atoms with Gasteiger partial charge in [0.05, 0.1) is 0 Å². The van der Waals surface area contributed by atoms with E-state index in [1.54, 1.807) is 0 Å². The number of hydrogen-bond donors (Lipinski definition) is 1. The third kappa shape index (κ3) is 1.90. The lowest BCUT2D eigenvalue weighted by molar-refractivity contribution is 1.11. The molecule has 0 aliphatic heterocycles. The summed E-state index contributed by atoms with van der Waals surface area (Å²) in [4.78, 5) is 11.0. The highest BCUT2D eigenvalue weighted by Crippen LogP contribution is 2.27. The van der Waals surface area contributed by atoms with Gasteiger partial charge in [-0.25, -0.2) is 0 Å². The Hall–Kier alpha value is -0.730. The smallest absolute Gasteiger partial charge is 0.276 e. The molecular weight excluding hydrogens is 192 g/mol. The Labute approximate surface area is 78.6 Å². The predicted molar refractivity (Wildman–Crippen MR) is 50.6 cm³/mol. The van der Waals surface area contributed by atoms with E-state index in [1.807, 2.05) is 19.9 Å². The fourth-order valence-corrected chi connectivity index (χ4v) is 2.79. The van der Waals surface area contributed by atoms with Crippen molar-refractivity contribution >= 4 is 23.3 Å². The normalized spacial score (nSPS) is 10.2. The lowest BCUT2D eigenvalue weighted by Gasteiger charge is -1.99. The van der Waals surface area contributed by atoms with Gasteiger partial charge in [-0.05, 0) is 0 Å². The van der Waals surface area contributed by atoms with E-state index in [-0.39, 0.29) is 11.1 Å². The maximum absolute atomic E-state index is 11.0. The van der Waals surface area contributed by atoms with Gasteiger partial charge < -0.3 is 0 Å². The fourth-order valence-electron chi connectivity index (χ4n) is 0.681. The van der Waals surface area contributed by atoms with E-state index >= 15 is 0 Å². The highest BCUT2D eigenvalue weighted by molar-refractivity contribution is 8.01. The second-order valence-corrected chi connectivity index (χ2v) is 5.14. The van der Waals surface area contributed by atoms with Crippen molar-refractivity contribution in [3.63, 3.8) is 0 Å². The fraction of sp³-hybridized carbons (Fsp3) is 0.429. The lowest BCUT2D eigenvalue weighted by atomic mass is 10.4. The molecule has 0 saturated carbocycles. The van der Waals surface area contributed by atoms with Crippen LogP contribution in [0.3, 0.4) is 0 Å². The van der Waals surface area contributed by atoms with E-state index in [0.29, 0.717) is 5.25 Å². The maximum atomic E-state index is 11.0. The number of hydrogen-bond acceptors (Lipinski definition) is 4. The van der Waals surface area contributed by atoms with Gasteiger partial charge in [-0.2, -0.15) is 5.26 Å². The first-order valence-corrected chi connectivity index (χ1v) is 5.13. The second-order valence-electron chi connectivity index (χ2n) is 2.47. The highest BCUT2D eigenvalue weighted by Gasteiger charge is 2.11. The number of aromatic nitrogens is 1. The first kappa shape index (κ1) is 9.36. The van der Waals surface area contributed by atoms with E-state index in [4.69, 9.17) is 5.26 Å². The summed E-state index contributed by atoms with van der Waals surface area (Å²) >= 11 is 2.77. The van der Waals surface area contributed by atoms with Crippen molar-refractivity contribution in [3.8, 4) is 6.07 Å². The molecule has 0 aromatic carbocycles. The van der Waals surface area contributed by atoms with Crippen molar-refractivity contribution in [2.75, 3.05) is 0 Å². The number of aromatic amines is 1. The third-order valence-corrected chi connectivity index (χ3v) is 3.23. The van der Waals surface area contributed by atoms with Gasteiger partial charge in [0, 0.05) is 5.25 Å². The summed E-state index contributed by atoms with van der Waals surface area (Å²) in [6.45, 7) is 4.05. The molecule has 64 valence electrons. The van der Waals surface area contributed by atoms with Gasteiger partial charge >= 0.3 is 0 Å². The van der Waals surface area contributed by atoms with E-state index < -0.39 is 0 Å². The van der Waals surface area contributed by atoms with E-state index in [1.165, 1.54) is 23.3 Å². The van der Waals surface area contributed by atoms with Crippen LogP contribution >= 0.6 is 23.3 Å².